The van der Waals surface area contributed by atoms with Crippen LogP contribution in [0.2, 0.25) is 0 Å². The molecule has 1 aromatic rings. The highest BCUT2D eigenvalue weighted by Crippen LogP contribution is 2.31. The number of nitrogens with one attached hydrogen (secondary N) is 1. The van der Waals surface area contributed by atoms with Crippen molar-refractivity contribution in [1.82, 2.24) is 0 Å². The average molecular weight is 220 g/mol. The Morgan fingerprint density at radius 2 is 2.25 bits per heavy atom. The third kappa shape index (κ3) is 2.17. The van der Waals surface area contributed by atoms with Crippen LogP contribution >= 0.6 is 0 Å². The Kier molecular flexibility index (Phi) is 2.83. The minimum Gasteiger partial charge on any atom is -0.495 e. The van der Waals surface area contributed by atoms with Crippen LogP contribution in [0.1, 0.15) is 12.0 Å². The van der Waals surface area contributed by atoms with E-state index in [9.17, 15) is 4.79 Å². The molecule has 86 valence electrons. The van der Waals surface area contributed by atoms with Crippen molar-refractivity contribution in [2.75, 3.05) is 12.4 Å². The minimum atomic E-state index is -0.0368. The van der Waals surface area contributed by atoms with Gasteiger partial charge >= 0.3 is 0 Å². The van der Waals surface area contributed by atoms with Gasteiger partial charge in [0.05, 0.1) is 18.7 Å². The lowest BCUT2D eigenvalue weighted by atomic mass is 10.2. The molecule has 1 aromatic carbocycles. The summed E-state index contributed by atoms with van der Waals surface area (Å²) in [7, 11) is 1.59. The van der Waals surface area contributed by atoms with E-state index in [0.29, 0.717) is 11.4 Å². The number of methoxy groups -OCH3 is 1. The number of aryl methyl sites for hydroxylation is 1. The Balaban J connectivity index is 2.13. The molecule has 0 aromatic heterocycles. The fraction of sp³-hybridized carbons (Fsp3) is 0.417. The summed E-state index contributed by atoms with van der Waals surface area (Å²) >= 11 is 0. The van der Waals surface area contributed by atoms with Gasteiger partial charge in [0, 0.05) is 6.04 Å². The first-order valence-corrected chi connectivity index (χ1v) is 5.33. The molecule has 1 saturated carbocycles. The molecule has 4 nitrogen and oxygen atoms in total. The van der Waals surface area contributed by atoms with Crippen LogP contribution in [-0.4, -0.2) is 19.1 Å². The van der Waals surface area contributed by atoms with Gasteiger partial charge in [-0.25, -0.2) is 0 Å². The SMILES string of the molecule is COc1ccc(C)cc1NC(=O)C1CC1N. The normalized spacial score (nSPS) is 22.7. The predicted octanol–water partition coefficient (Wildman–Crippen LogP) is 1.29. The molecule has 0 bridgehead atoms. The van der Waals surface area contributed by atoms with Gasteiger partial charge in [0.25, 0.3) is 0 Å². The molecule has 0 spiro atoms. The second-order valence-electron chi connectivity index (χ2n) is 4.20. The number of anilines is 1. The van der Waals surface area contributed by atoms with Crippen molar-refractivity contribution in [2.45, 2.75) is 19.4 Å². The first-order chi connectivity index (χ1) is 7.61. The topological polar surface area (TPSA) is 64.3 Å². The van der Waals surface area contributed by atoms with Crippen LogP contribution in [0.25, 0.3) is 0 Å². The number of ether oxygens (including phenoxy) is 1. The highest BCUT2D eigenvalue weighted by atomic mass is 16.5. The van der Waals surface area contributed by atoms with E-state index in [1.54, 1.807) is 7.11 Å². The number of hydrogen-bond acceptors (Lipinski definition) is 3. The quantitative estimate of drug-likeness (QED) is 0.806. The van der Waals surface area contributed by atoms with E-state index in [1.807, 2.05) is 25.1 Å². The molecule has 0 heterocycles. The van der Waals surface area contributed by atoms with Crippen LogP contribution in [-0.2, 0) is 4.79 Å². The smallest absolute Gasteiger partial charge is 0.229 e. The second-order valence-corrected chi connectivity index (χ2v) is 4.20. The van der Waals surface area contributed by atoms with Gasteiger partial charge in [0.1, 0.15) is 5.75 Å². The maximum Gasteiger partial charge on any atom is 0.229 e. The van der Waals surface area contributed by atoms with Gasteiger partial charge in [0.2, 0.25) is 5.91 Å². The van der Waals surface area contributed by atoms with Crippen LogP contribution in [0.15, 0.2) is 18.2 Å². The number of benzene rings is 1. The summed E-state index contributed by atoms with van der Waals surface area (Å²) in [5.41, 5.74) is 7.42. The van der Waals surface area contributed by atoms with E-state index in [-0.39, 0.29) is 17.9 Å². The van der Waals surface area contributed by atoms with E-state index in [0.717, 1.165) is 12.0 Å². The summed E-state index contributed by atoms with van der Waals surface area (Å²) in [5, 5.41) is 2.85. The first kappa shape index (κ1) is 11.0. The van der Waals surface area contributed by atoms with Crippen LogP contribution in [0.5, 0.6) is 5.75 Å². The largest absolute Gasteiger partial charge is 0.495 e. The van der Waals surface area contributed by atoms with Gasteiger partial charge in [-0.15, -0.1) is 0 Å². The van der Waals surface area contributed by atoms with E-state index in [2.05, 4.69) is 5.32 Å². The summed E-state index contributed by atoms with van der Waals surface area (Å²) in [6.07, 6.45) is 0.778. The van der Waals surface area contributed by atoms with E-state index in [4.69, 9.17) is 10.5 Å². The van der Waals surface area contributed by atoms with Crippen molar-refractivity contribution >= 4 is 11.6 Å². The molecule has 1 fully saturated rings. The molecule has 2 atom stereocenters. The summed E-state index contributed by atoms with van der Waals surface area (Å²) in [5.74, 6) is 0.620. The lowest BCUT2D eigenvalue weighted by Crippen LogP contribution is -2.18. The molecule has 2 unspecified atom stereocenters. The first-order valence-electron chi connectivity index (χ1n) is 5.33. The lowest BCUT2D eigenvalue weighted by Gasteiger charge is -2.10. The summed E-state index contributed by atoms with van der Waals surface area (Å²) in [6, 6.07) is 5.70. The van der Waals surface area contributed by atoms with Crippen molar-refractivity contribution in [1.29, 1.82) is 0 Å². The third-order valence-corrected chi connectivity index (χ3v) is 2.79. The molecule has 3 N–H and O–H groups in total. The standard InChI is InChI=1S/C12H16N2O2/c1-7-3-4-11(16-2)10(5-7)14-12(15)8-6-9(8)13/h3-5,8-9H,6,13H2,1-2H3,(H,14,15). The predicted molar refractivity (Wildman–Crippen MR) is 62.4 cm³/mol. The van der Waals surface area contributed by atoms with Crippen molar-refractivity contribution < 1.29 is 9.53 Å². The van der Waals surface area contributed by atoms with Gasteiger partial charge in [-0.3, -0.25) is 4.79 Å². The zero-order chi connectivity index (χ0) is 11.7. The van der Waals surface area contributed by atoms with Crippen LogP contribution < -0.4 is 15.8 Å². The average Bonchev–Trinajstić information content (AvgIpc) is 2.96. The number of amides is 1. The Morgan fingerprint density at radius 3 is 2.81 bits per heavy atom. The molecule has 16 heavy (non-hydrogen) atoms. The van der Waals surface area contributed by atoms with Crippen molar-refractivity contribution in [3.05, 3.63) is 23.8 Å². The van der Waals surface area contributed by atoms with Crippen LogP contribution in [0.3, 0.4) is 0 Å². The van der Waals surface area contributed by atoms with Gasteiger partial charge in [-0.1, -0.05) is 6.07 Å². The van der Waals surface area contributed by atoms with Gasteiger partial charge in [-0.2, -0.15) is 0 Å². The molecule has 1 aliphatic carbocycles. The minimum absolute atomic E-state index is 0.0172. The molecule has 0 radical (unpaired) electrons. The number of carbonyl (C=O) groups excluding carboxylic acids is 1. The van der Waals surface area contributed by atoms with Crippen molar-refractivity contribution in [3.63, 3.8) is 0 Å². The Morgan fingerprint density at radius 1 is 1.56 bits per heavy atom. The molecule has 2 rings (SSSR count). The monoisotopic (exact) mass is 220 g/mol. The lowest BCUT2D eigenvalue weighted by molar-refractivity contribution is -0.117. The van der Waals surface area contributed by atoms with Gasteiger partial charge in [-0.05, 0) is 31.0 Å². The number of carbonyl (C=O) groups is 1. The number of hydrogen-bond donors (Lipinski definition) is 2. The zero-order valence-electron chi connectivity index (χ0n) is 9.49. The molecule has 0 saturated heterocycles. The van der Waals surface area contributed by atoms with Crippen molar-refractivity contribution in [2.24, 2.45) is 11.7 Å². The fourth-order valence-electron chi connectivity index (χ4n) is 1.66. The molecular weight excluding hydrogens is 204 g/mol. The number of rotatable bonds is 3. The second kappa shape index (κ2) is 4.14. The van der Waals surface area contributed by atoms with Crippen LogP contribution in [0, 0.1) is 12.8 Å². The molecule has 0 aliphatic heterocycles. The zero-order valence-corrected chi connectivity index (χ0v) is 9.49. The van der Waals surface area contributed by atoms with Gasteiger partial charge in [0.15, 0.2) is 0 Å². The molecule has 1 amide bonds. The molecule has 4 heteroatoms. The maximum absolute atomic E-state index is 11.7. The van der Waals surface area contributed by atoms with Crippen molar-refractivity contribution in [3.8, 4) is 5.75 Å². The maximum atomic E-state index is 11.7. The summed E-state index contributed by atoms with van der Waals surface area (Å²) < 4.78 is 5.18. The Bertz CT molecular complexity index is 417. The molecular formula is C12H16N2O2. The highest BCUT2D eigenvalue weighted by Gasteiger charge is 2.40. The molecule has 1 aliphatic rings. The van der Waals surface area contributed by atoms with Gasteiger partial charge < -0.3 is 15.8 Å². The van der Waals surface area contributed by atoms with E-state index < -0.39 is 0 Å². The summed E-state index contributed by atoms with van der Waals surface area (Å²) in [4.78, 5) is 11.7. The van der Waals surface area contributed by atoms with Crippen LogP contribution in [0.4, 0.5) is 5.69 Å². The highest BCUT2D eigenvalue weighted by molar-refractivity contribution is 5.96. The number of nitrogens with two attached hydrogens (primary N) is 1. The summed E-state index contributed by atoms with van der Waals surface area (Å²) in [6.45, 7) is 1.97. The Hall–Kier alpha value is -1.55. The third-order valence-electron chi connectivity index (χ3n) is 2.79. The Labute approximate surface area is 94.8 Å². The fourth-order valence-corrected chi connectivity index (χ4v) is 1.66. The van der Waals surface area contributed by atoms with E-state index in [1.165, 1.54) is 0 Å². The van der Waals surface area contributed by atoms with E-state index >= 15 is 0 Å².